The van der Waals surface area contributed by atoms with Gasteiger partial charge in [0, 0.05) is 19.6 Å². The summed E-state index contributed by atoms with van der Waals surface area (Å²) in [7, 11) is 0. The number of nitrogens with one attached hydrogen (secondary N) is 1. The Kier molecular flexibility index (Phi) is 3.95. The summed E-state index contributed by atoms with van der Waals surface area (Å²) in [5.41, 5.74) is 7.92. The standard InChI is InChI=1S/C5H13N3O2S/c6-2-4-8-3-1-5-11(9)10-7-8/h7H,1-6H2. The normalized spacial score (nSPS) is 28.3. The molecule has 1 fully saturated rings. The number of hydrogen-bond donors (Lipinski definition) is 2. The smallest absolute Gasteiger partial charge is 0.174 e. The van der Waals surface area contributed by atoms with E-state index in [1.54, 1.807) is 0 Å². The third-order valence-corrected chi connectivity index (χ3v) is 2.28. The van der Waals surface area contributed by atoms with Gasteiger partial charge in [-0.1, -0.05) is 0 Å². The van der Waals surface area contributed by atoms with E-state index < -0.39 is 11.1 Å². The monoisotopic (exact) mass is 179 g/mol. The minimum atomic E-state index is -1.18. The summed E-state index contributed by atoms with van der Waals surface area (Å²) in [6.45, 7) is 2.13. The summed E-state index contributed by atoms with van der Waals surface area (Å²) < 4.78 is 15.6. The molecule has 0 amide bonds. The third kappa shape index (κ3) is 3.26. The topological polar surface area (TPSA) is 67.6 Å². The molecule has 1 atom stereocenters. The van der Waals surface area contributed by atoms with Crippen molar-refractivity contribution in [3.8, 4) is 0 Å². The van der Waals surface area contributed by atoms with E-state index in [1.807, 2.05) is 5.01 Å². The number of nitrogens with two attached hydrogens (primary N) is 1. The fourth-order valence-electron chi connectivity index (χ4n) is 0.868. The highest BCUT2D eigenvalue weighted by Crippen LogP contribution is 1.97. The van der Waals surface area contributed by atoms with Gasteiger partial charge in [0.2, 0.25) is 0 Å². The minimum absolute atomic E-state index is 0.572. The molecule has 0 radical (unpaired) electrons. The molecule has 66 valence electrons. The predicted octanol–water partition coefficient (Wildman–Crippen LogP) is -1.25. The first kappa shape index (κ1) is 9.08. The molecular formula is C5H13N3O2S. The summed E-state index contributed by atoms with van der Waals surface area (Å²) in [6, 6.07) is 0. The average molecular weight is 179 g/mol. The van der Waals surface area contributed by atoms with Gasteiger partial charge in [-0.05, 0) is 6.42 Å². The lowest BCUT2D eigenvalue weighted by Crippen LogP contribution is -2.40. The van der Waals surface area contributed by atoms with Crippen LogP contribution in [-0.4, -0.2) is 34.6 Å². The Morgan fingerprint density at radius 2 is 2.55 bits per heavy atom. The van der Waals surface area contributed by atoms with Crippen LogP contribution in [-0.2, 0) is 15.4 Å². The molecule has 11 heavy (non-hydrogen) atoms. The molecule has 1 heterocycles. The Morgan fingerprint density at radius 1 is 1.73 bits per heavy atom. The first-order valence-electron chi connectivity index (χ1n) is 3.59. The van der Waals surface area contributed by atoms with Crippen LogP contribution in [0.2, 0.25) is 0 Å². The van der Waals surface area contributed by atoms with Crippen LogP contribution in [0.5, 0.6) is 0 Å². The summed E-state index contributed by atoms with van der Waals surface area (Å²) in [5, 5.41) is 1.82. The molecule has 3 N–H and O–H groups in total. The van der Waals surface area contributed by atoms with E-state index in [4.69, 9.17) is 10.0 Å². The lowest BCUT2D eigenvalue weighted by Gasteiger charge is -2.16. The van der Waals surface area contributed by atoms with Crippen molar-refractivity contribution in [1.82, 2.24) is 10.6 Å². The average Bonchev–Trinajstić information content (AvgIpc) is 2.17. The lowest BCUT2D eigenvalue weighted by atomic mass is 10.4. The van der Waals surface area contributed by atoms with Crippen LogP contribution in [0.4, 0.5) is 0 Å². The Bertz CT molecular complexity index is 144. The fraction of sp³-hybridized carbons (Fsp3) is 1.00. The van der Waals surface area contributed by atoms with E-state index >= 15 is 0 Å². The van der Waals surface area contributed by atoms with Crippen molar-refractivity contribution in [2.45, 2.75) is 6.42 Å². The molecule has 0 aliphatic carbocycles. The summed E-state index contributed by atoms with van der Waals surface area (Å²) >= 11 is -1.18. The summed E-state index contributed by atoms with van der Waals surface area (Å²) in [4.78, 5) is 0. The Morgan fingerprint density at radius 3 is 3.27 bits per heavy atom. The molecule has 1 aliphatic heterocycles. The van der Waals surface area contributed by atoms with Gasteiger partial charge >= 0.3 is 0 Å². The van der Waals surface area contributed by atoms with Gasteiger partial charge in [-0.2, -0.15) is 4.28 Å². The van der Waals surface area contributed by atoms with Gasteiger partial charge in [0.05, 0.1) is 5.75 Å². The van der Waals surface area contributed by atoms with Crippen LogP contribution in [0.1, 0.15) is 6.42 Å². The highest BCUT2D eigenvalue weighted by Gasteiger charge is 2.11. The van der Waals surface area contributed by atoms with Gasteiger partial charge in [-0.25, -0.2) is 9.22 Å². The molecule has 0 spiro atoms. The molecule has 0 aromatic heterocycles. The van der Waals surface area contributed by atoms with Gasteiger partial charge in [-0.3, -0.25) is 0 Å². The zero-order valence-corrected chi connectivity index (χ0v) is 7.10. The fourth-order valence-corrected chi connectivity index (χ4v) is 1.50. The third-order valence-electron chi connectivity index (χ3n) is 1.40. The molecule has 6 heteroatoms. The maximum atomic E-state index is 10.8. The Labute approximate surface area is 68.5 Å². The van der Waals surface area contributed by atoms with Crippen molar-refractivity contribution >= 4 is 11.1 Å². The van der Waals surface area contributed by atoms with Gasteiger partial charge in [0.15, 0.2) is 11.1 Å². The van der Waals surface area contributed by atoms with E-state index in [1.165, 1.54) is 0 Å². The van der Waals surface area contributed by atoms with E-state index in [0.717, 1.165) is 19.5 Å². The molecule has 0 saturated carbocycles. The van der Waals surface area contributed by atoms with Gasteiger partial charge in [-0.15, -0.1) is 5.59 Å². The van der Waals surface area contributed by atoms with Crippen molar-refractivity contribution in [1.29, 1.82) is 0 Å². The van der Waals surface area contributed by atoms with Crippen molar-refractivity contribution in [2.75, 3.05) is 25.4 Å². The van der Waals surface area contributed by atoms with E-state index in [0.29, 0.717) is 12.3 Å². The van der Waals surface area contributed by atoms with Crippen molar-refractivity contribution in [2.24, 2.45) is 5.73 Å². The molecule has 1 unspecified atom stereocenters. The molecule has 5 nitrogen and oxygen atoms in total. The van der Waals surface area contributed by atoms with Gasteiger partial charge in [0.25, 0.3) is 0 Å². The quantitative estimate of drug-likeness (QED) is 0.554. The molecule has 1 aliphatic rings. The molecule has 0 aromatic carbocycles. The van der Waals surface area contributed by atoms with Crippen molar-refractivity contribution in [3.63, 3.8) is 0 Å². The van der Waals surface area contributed by atoms with Crippen LogP contribution in [0.25, 0.3) is 0 Å². The minimum Gasteiger partial charge on any atom is -0.329 e. The second kappa shape index (κ2) is 4.78. The van der Waals surface area contributed by atoms with Crippen LogP contribution in [0, 0.1) is 0 Å². The lowest BCUT2D eigenvalue weighted by molar-refractivity contribution is 0.0241. The highest BCUT2D eigenvalue weighted by atomic mass is 32.2. The number of hydrazine groups is 1. The van der Waals surface area contributed by atoms with Gasteiger partial charge in [0.1, 0.15) is 0 Å². The van der Waals surface area contributed by atoms with Crippen molar-refractivity contribution < 1.29 is 8.49 Å². The predicted molar refractivity (Wildman–Crippen MR) is 42.5 cm³/mol. The van der Waals surface area contributed by atoms with E-state index in [9.17, 15) is 4.21 Å². The first-order chi connectivity index (χ1) is 5.33. The zero-order chi connectivity index (χ0) is 8.10. The van der Waals surface area contributed by atoms with Crippen LogP contribution in [0.15, 0.2) is 0 Å². The molecular weight excluding hydrogens is 166 g/mol. The number of nitrogens with zero attached hydrogens (tertiary/aromatic N) is 1. The summed E-state index contributed by atoms with van der Waals surface area (Å²) in [5.74, 6) is 0.591. The zero-order valence-electron chi connectivity index (χ0n) is 6.28. The Balaban J connectivity index is 2.28. The molecule has 0 aromatic rings. The second-order valence-corrected chi connectivity index (χ2v) is 3.49. The number of rotatable bonds is 2. The maximum absolute atomic E-state index is 10.8. The van der Waals surface area contributed by atoms with Crippen LogP contribution in [0.3, 0.4) is 0 Å². The second-order valence-electron chi connectivity index (χ2n) is 2.31. The highest BCUT2D eigenvalue weighted by molar-refractivity contribution is 7.80. The molecule has 0 bridgehead atoms. The van der Waals surface area contributed by atoms with Crippen LogP contribution < -0.4 is 11.3 Å². The van der Waals surface area contributed by atoms with Crippen molar-refractivity contribution in [3.05, 3.63) is 0 Å². The molecule has 1 rings (SSSR count). The van der Waals surface area contributed by atoms with Crippen LogP contribution >= 0.6 is 0 Å². The molecule has 1 saturated heterocycles. The van der Waals surface area contributed by atoms with Gasteiger partial charge < -0.3 is 5.73 Å². The van der Waals surface area contributed by atoms with E-state index in [-0.39, 0.29) is 0 Å². The maximum Gasteiger partial charge on any atom is 0.174 e. The number of hydrogen-bond acceptors (Lipinski definition) is 5. The summed E-state index contributed by atoms with van der Waals surface area (Å²) in [6.07, 6.45) is 0.875. The largest absolute Gasteiger partial charge is 0.329 e. The Hall–Kier alpha value is -0.0100. The SMILES string of the molecule is NCCN1CCCS(=O)ON1. The van der Waals surface area contributed by atoms with E-state index in [2.05, 4.69) is 5.59 Å². The first-order valence-corrected chi connectivity index (χ1v) is 4.83.